The normalized spacial score (nSPS) is 16.9. The molecule has 27 heavy (non-hydrogen) atoms. The number of rotatable bonds is 4. The van der Waals surface area contributed by atoms with Crippen molar-refractivity contribution in [3.63, 3.8) is 0 Å². The van der Waals surface area contributed by atoms with E-state index >= 15 is 0 Å². The number of amides is 2. The number of halogens is 1. The maximum Gasteiger partial charge on any atom is 0.335 e. The van der Waals surface area contributed by atoms with Gasteiger partial charge in [-0.1, -0.05) is 18.2 Å². The Hall–Kier alpha value is -3.22. The topological polar surface area (TPSA) is 77.9 Å². The summed E-state index contributed by atoms with van der Waals surface area (Å²) in [5.41, 5.74) is 0.257. The lowest BCUT2D eigenvalue weighted by atomic mass is 10.0. The van der Waals surface area contributed by atoms with Crippen LogP contribution in [0.1, 0.15) is 33.6 Å². The monoisotopic (exact) mass is 370 g/mol. The third-order valence-corrected chi connectivity index (χ3v) is 4.71. The number of likely N-dealkylation sites (N-methyl/N-ethyl adjacent to an activating group) is 1. The SMILES string of the molecule is CN(C(=O)c1ccc(C(=O)O)cc1F)C1CCCN(c2ccccc2)C1=O. The quantitative estimate of drug-likeness (QED) is 0.898. The predicted molar refractivity (Wildman–Crippen MR) is 97.3 cm³/mol. The summed E-state index contributed by atoms with van der Waals surface area (Å²) in [4.78, 5) is 39.4. The Balaban J connectivity index is 1.82. The molecule has 0 radical (unpaired) electrons. The zero-order chi connectivity index (χ0) is 19.6. The molecule has 0 bridgehead atoms. The van der Waals surface area contributed by atoms with Gasteiger partial charge in [-0.05, 0) is 43.2 Å². The number of aromatic carboxylic acids is 1. The molecule has 0 aliphatic carbocycles. The van der Waals surface area contributed by atoms with Crippen LogP contribution in [0.2, 0.25) is 0 Å². The maximum atomic E-state index is 14.2. The molecule has 0 saturated carbocycles. The number of piperidine rings is 1. The van der Waals surface area contributed by atoms with E-state index in [2.05, 4.69) is 0 Å². The maximum absolute atomic E-state index is 14.2. The van der Waals surface area contributed by atoms with Gasteiger partial charge in [0.1, 0.15) is 11.9 Å². The first-order valence-electron chi connectivity index (χ1n) is 8.56. The molecule has 2 aromatic rings. The summed E-state index contributed by atoms with van der Waals surface area (Å²) in [6.07, 6.45) is 1.20. The summed E-state index contributed by atoms with van der Waals surface area (Å²) in [5, 5.41) is 8.91. The molecule has 1 aliphatic rings. The third kappa shape index (κ3) is 3.67. The van der Waals surface area contributed by atoms with Crippen LogP contribution in [-0.2, 0) is 4.79 Å². The van der Waals surface area contributed by atoms with Gasteiger partial charge in [0.2, 0.25) is 5.91 Å². The first-order valence-corrected chi connectivity index (χ1v) is 8.56. The minimum Gasteiger partial charge on any atom is -0.478 e. The number of carboxylic acid groups (broad SMARTS) is 1. The molecule has 0 aromatic heterocycles. The molecule has 1 fully saturated rings. The van der Waals surface area contributed by atoms with Crippen LogP contribution in [0.3, 0.4) is 0 Å². The van der Waals surface area contributed by atoms with E-state index in [-0.39, 0.29) is 17.0 Å². The fraction of sp³-hybridized carbons (Fsp3) is 0.250. The first kappa shape index (κ1) is 18.6. The zero-order valence-corrected chi connectivity index (χ0v) is 14.8. The van der Waals surface area contributed by atoms with Crippen LogP contribution >= 0.6 is 0 Å². The standard InChI is InChI=1S/C20H19FN2O4/c1-22(18(24)15-10-9-13(20(26)27)12-16(15)21)17-8-5-11-23(19(17)25)14-6-3-2-4-7-14/h2-4,6-7,9-10,12,17H,5,8,11H2,1H3,(H,26,27). The van der Waals surface area contributed by atoms with Gasteiger partial charge < -0.3 is 14.9 Å². The molecule has 6 nitrogen and oxygen atoms in total. The van der Waals surface area contributed by atoms with E-state index < -0.39 is 23.7 Å². The van der Waals surface area contributed by atoms with Gasteiger partial charge in [0, 0.05) is 19.3 Å². The molecule has 1 heterocycles. The van der Waals surface area contributed by atoms with Crippen molar-refractivity contribution in [2.45, 2.75) is 18.9 Å². The molecule has 1 aliphatic heterocycles. The fourth-order valence-electron chi connectivity index (χ4n) is 3.23. The lowest BCUT2D eigenvalue weighted by Crippen LogP contribution is -2.53. The molecule has 1 N–H and O–H groups in total. The Morgan fingerprint density at radius 1 is 1.19 bits per heavy atom. The van der Waals surface area contributed by atoms with Crippen LogP contribution < -0.4 is 4.90 Å². The summed E-state index contributed by atoms with van der Waals surface area (Å²) in [7, 11) is 1.46. The number of hydrogen-bond donors (Lipinski definition) is 1. The summed E-state index contributed by atoms with van der Waals surface area (Å²) < 4.78 is 14.2. The second-order valence-corrected chi connectivity index (χ2v) is 6.40. The highest BCUT2D eigenvalue weighted by molar-refractivity contribution is 6.03. The summed E-state index contributed by atoms with van der Waals surface area (Å²) >= 11 is 0. The first-order chi connectivity index (χ1) is 12.9. The highest BCUT2D eigenvalue weighted by Gasteiger charge is 2.35. The number of nitrogens with zero attached hydrogens (tertiary/aromatic N) is 2. The Morgan fingerprint density at radius 3 is 2.52 bits per heavy atom. The van der Waals surface area contributed by atoms with E-state index in [0.29, 0.717) is 19.4 Å². The van der Waals surface area contributed by atoms with Gasteiger partial charge in [0.05, 0.1) is 11.1 Å². The van der Waals surface area contributed by atoms with Gasteiger partial charge in [-0.15, -0.1) is 0 Å². The molecule has 1 unspecified atom stereocenters. The summed E-state index contributed by atoms with van der Waals surface area (Å²) in [5.74, 6) is -3.07. The molecular weight excluding hydrogens is 351 g/mol. The smallest absolute Gasteiger partial charge is 0.335 e. The van der Waals surface area contributed by atoms with E-state index in [4.69, 9.17) is 5.11 Å². The second-order valence-electron chi connectivity index (χ2n) is 6.40. The minimum absolute atomic E-state index is 0.217. The van der Waals surface area contributed by atoms with Gasteiger partial charge in [-0.3, -0.25) is 9.59 Å². The minimum atomic E-state index is -1.28. The van der Waals surface area contributed by atoms with Gasteiger partial charge in [0.15, 0.2) is 0 Å². The van der Waals surface area contributed by atoms with Crippen molar-refractivity contribution in [2.24, 2.45) is 0 Å². The van der Waals surface area contributed by atoms with E-state index in [0.717, 1.165) is 17.8 Å². The number of hydrogen-bond acceptors (Lipinski definition) is 3. The van der Waals surface area contributed by atoms with E-state index in [9.17, 15) is 18.8 Å². The van der Waals surface area contributed by atoms with E-state index in [1.807, 2.05) is 30.3 Å². The van der Waals surface area contributed by atoms with Crippen molar-refractivity contribution in [3.05, 3.63) is 65.5 Å². The number of carbonyl (C=O) groups excluding carboxylic acids is 2. The van der Waals surface area contributed by atoms with Crippen LogP contribution in [0.25, 0.3) is 0 Å². The Labute approximate surface area is 155 Å². The predicted octanol–water partition coefficient (Wildman–Crippen LogP) is 2.79. The lowest BCUT2D eigenvalue weighted by Gasteiger charge is -2.36. The Bertz CT molecular complexity index is 885. The van der Waals surface area contributed by atoms with Crippen LogP contribution in [0.4, 0.5) is 10.1 Å². The van der Waals surface area contributed by atoms with E-state index in [1.54, 1.807) is 4.90 Å². The molecule has 1 saturated heterocycles. The van der Waals surface area contributed by atoms with Crippen LogP contribution in [0.5, 0.6) is 0 Å². The van der Waals surface area contributed by atoms with Crippen molar-refractivity contribution in [3.8, 4) is 0 Å². The van der Waals surface area contributed by atoms with Gasteiger partial charge in [0.25, 0.3) is 5.91 Å². The van der Waals surface area contributed by atoms with Gasteiger partial charge in [-0.2, -0.15) is 0 Å². The average molecular weight is 370 g/mol. The number of carbonyl (C=O) groups is 3. The third-order valence-electron chi connectivity index (χ3n) is 4.71. The van der Waals surface area contributed by atoms with Gasteiger partial charge >= 0.3 is 5.97 Å². The van der Waals surface area contributed by atoms with E-state index in [1.165, 1.54) is 18.0 Å². The van der Waals surface area contributed by atoms with Crippen molar-refractivity contribution in [1.29, 1.82) is 0 Å². The molecule has 1 atom stereocenters. The van der Waals surface area contributed by atoms with Crippen molar-refractivity contribution in [1.82, 2.24) is 4.90 Å². The van der Waals surface area contributed by atoms with Crippen molar-refractivity contribution in [2.75, 3.05) is 18.5 Å². The molecule has 3 rings (SSSR count). The highest BCUT2D eigenvalue weighted by Crippen LogP contribution is 2.24. The van der Waals surface area contributed by atoms with Crippen molar-refractivity contribution < 1.29 is 23.9 Å². The van der Waals surface area contributed by atoms with Gasteiger partial charge in [-0.25, -0.2) is 9.18 Å². The van der Waals surface area contributed by atoms with Crippen LogP contribution in [-0.4, -0.2) is 47.4 Å². The highest BCUT2D eigenvalue weighted by atomic mass is 19.1. The average Bonchev–Trinajstić information content (AvgIpc) is 2.67. The summed E-state index contributed by atoms with van der Waals surface area (Å²) in [6, 6.07) is 11.6. The summed E-state index contributed by atoms with van der Waals surface area (Å²) in [6.45, 7) is 0.559. The molecule has 7 heteroatoms. The largest absolute Gasteiger partial charge is 0.478 e. The molecule has 2 aromatic carbocycles. The Morgan fingerprint density at radius 2 is 1.89 bits per heavy atom. The molecular formula is C20H19FN2O4. The Kier molecular flexibility index (Phi) is 5.21. The van der Waals surface area contributed by atoms with Crippen LogP contribution in [0, 0.1) is 5.82 Å². The second kappa shape index (κ2) is 7.57. The molecule has 2 amide bonds. The number of benzene rings is 2. The fourth-order valence-corrected chi connectivity index (χ4v) is 3.23. The number of para-hydroxylation sites is 1. The van der Waals surface area contributed by atoms with Crippen LogP contribution in [0.15, 0.2) is 48.5 Å². The number of carboxylic acids is 1. The zero-order valence-electron chi connectivity index (χ0n) is 14.8. The molecule has 0 spiro atoms. The molecule has 140 valence electrons. The lowest BCUT2D eigenvalue weighted by molar-refractivity contribution is -0.124. The van der Waals surface area contributed by atoms with Crippen molar-refractivity contribution >= 4 is 23.5 Å². The number of anilines is 1.